The van der Waals surface area contributed by atoms with Crippen molar-refractivity contribution in [2.75, 3.05) is 19.7 Å². The van der Waals surface area contributed by atoms with Gasteiger partial charge in [0, 0.05) is 0 Å². The molecule has 0 aromatic rings. The van der Waals surface area contributed by atoms with Crippen molar-refractivity contribution in [3.63, 3.8) is 0 Å². The van der Waals surface area contributed by atoms with E-state index in [0.717, 1.165) is 32.1 Å². The van der Waals surface area contributed by atoms with Crippen LogP contribution in [-0.2, 0) is 9.53 Å². The van der Waals surface area contributed by atoms with Crippen LogP contribution in [0.4, 0.5) is 8.78 Å². The van der Waals surface area contributed by atoms with Crippen LogP contribution < -0.4 is 10.6 Å². The molecule has 4 aliphatic rings. The minimum absolute atomic E-state index is 0.255. The highest BCUT2D eigenvalue weighted by atomic mass is 19.3. The Morgan fingerprint density at radius 1 is 1.34 bits per heavy atom. The lowest BCUT2D eigenvalue weighted by molar-refractivity contribution is -0.125. The Kier molecular flexibility index (Phi) is 5.25. The number of dihydropyridines is 1. The van der Waals surface area contributed by atoms with E-state index in [-0.39, 0.29) is 25.0 Å². The number of nitrogens with one attached hydrogen (secondary N) is 2. The maximum atomic E-state index is 13.3. The van der Waals surface area contributed by atoms with Gasteiger partial charge in [0.1, 0.15) is 6.04 Å². The molecule has 0 aromatic heterocycles. The number of likely N-dealkylation sites (tertiary alicyclic amines) is 1. The highest BCUT2D eigenvalue weighted by Gasteiger charge is 2.46. The van der Waals surface area contributed by atoms with Gasteiger partial charge in [0.25, 0.3) is 5.92 Å². The van der Waals surface area contributed by atoms with E-state index < -0.39 is 17.6 Å². The van der Waals surface area contributed by atoms with Crippen LogP contribution in [0.25, 0.3) is 0 Å². The summed E-state index contributed by atoms with van der Waals surface area (Å²) in [5.41, 5.74) is -0.454. The molecule has 29 heavy (non-hydrogen) atoms. The number of hydrogen-bond acceptors (Lipinski definition) is 5. The van der Waals surface area contributed by atoms with Crippen LogP contribution in [0.2, 0.25) is 0 Å². The molecule has 8 heteroatoms. The van der Waals surface area contributed by atoms with E-state index in [1.807, 2.05) is 0 Å². The molecule has 162 valence electrons. The number of allylic oxidation sites excluding steroid dienone is 1. The van der Waals surface area contributed by atoms with Gasteiger partial charge in [-0.25, -0.2) is 8.78 Å². The smallest absolute Gasteiger partial charge is 0.282 e. The first-order chi connectivity index (χ1) is 13.6. The lowest BCUT2D eigenvalue weighted by Crippen LogP contribution is -2.57. The number of nitrogens with zero attached hydrogens (tertiary/aromatic N) is 1. The average molecular weight is 411 g/mol. The number of ether oxygens (including phenoxy) is 1. The number of rotatable bonds is 9. The fourth-order valence-electron chi connectivity index (χ4n) is 3.68. The molecule has 3 N–H and O–H groups in total. The summed E-state index contributed by atoms with van der Waals surface area (Å²) < 4.78 is 32.5. The van der Waals surface area contributed by atoms with Gasteiger partial charge in [-0.2, -0.15) is 0 Å². The predicted molar refractivity (Wildman–Crippen MR) is 104 cm³/mol. The monoisotopic (exact) mass is 411 g/mol. The second-order valence-corrected chi connectivity index (χ2v) is 9.56. The summed E-state index contributed by atoms with van der Waals surface area (Å²) in [6.07, 6.45) is 8.60. The third kappa shape index (κ3) is 5.21. The van der Waals surface area contributed by atoms with Crippen molar-refractivity contribution in [1.82, 2.24) is 15.5 Å². The summed E-state index contributed by atoms with van der Waals surface area (Å²) >= 11 is 0. The maximum absolute atomic E-state index is 13.3. The van der Waals surface area contributed by atoms with Crippen LogP contribution in [0.15, 0.2) is 23.7 Å². The van der Waals surface area contributed by atoms with E-state index in [0.29, 0.717) is 30.0 Å². The molecule has 3 fully saturated rings. The summed E-state index contributed by atoms with van der Waals surface area (Å²) in [4.78, 5) is 14.4. The molecule has 1 saturated heterocycles. The molecule has 2 heterocycles. The number of aliphatic hydroxyl groups is 1. The van der Waals surface area contributed by atoms with Crippen molar-refractivity contribution >= 4 is 5.91 Å². The Hall–Kier alpha value is -1.83. The largest absolute Gasteiger partial charge is 0.477 e. The molecule has 4 rings (SSSR count). The van der Waals surface area contributed by atoms with Gasteiger partial charge in [-0.3, -0.25) is 4.79 Å². The molecule has 2 aliphatic heterocycles. The number of carbonyl (C=O) groups is 1. The van der Waals surface area contributed by atoms with Crippen molar-refractivity contribution in [2.24, 2.45) is 11.8 Å². The third-order valence-electron chi connectivity index (χ3n) is 6.03. The average Bonchev–Trinajstić information content (AvgIpc) is 3.50. The van der Waals surface area contributed by atoms with Gasteiger partial charge in [0.05, 0.1) is 37.0 Å². The van der Waals surface area contributed by atoms with Gasteiger partial charge < -0.3 is 25.4 Å². The maximum Gasteiger partial charge on any atom is 0.282 e. The van der Waals surface area contributed by atoms with Gasteiger partial charge in [0.15, 0.2) is 0 Å². The van der Waals surface area contributed by atoms with E-state index in [2.05, 4.69) is 10.6 Å². The van der Waals surface area contributed by atoms with Gasteiger partial charge in [-0.05, 0) is 51.0 Å². The first kappa shape index (κ1) is 20.4. The molecular weight excluding hydrogens is 380 g/mol. The zero-order valence-electron chi connectivity index (χ0n) is 17.1. The number of hydrogen-bond donors (Lipinski definition) is 3. The fraction of sp³-hybridized carbons (Fsp3) is 0.762. The minimum atomic E-state index is -2.68. The number of amides is 1. The standard InChI is InChI=1S/C21H31F2N3O3/c1-20(2,28)17(9-13-3-4-13)25-18(27)15-7-8-16(26-11-21(22,23)12-26)19(24-15)29-10-14-5-6-14/h7-8,13-15,17,24,28H,3-6,9-12H2,1-2H3,(H,25,27)/t15?,17-/m0/s1. The quantitative estimate of drug-likeness (QED) is 0.542. The van der Waals surface area contributed by atoms with Crippen molar-refractivity contribution in [3.05, 3.63) is 23.7 Å². The molecular formula is C21H31F2N3O3. The van der Waals surface area contributed by atoms with Crippen LogP contribution in [0, 0.1) is 11.8 Å². The summed E-state index contributed by atoms with van der Waals surface area (Å²) in [6, 6.07) is -1.01. The van der Waals surface area contributed by atoms with Gasteiger partial charge in [0.2, 0.25) is 11.8 Å². The Bertz CT molecular complexity index is 700. The summed E-state index contributed by atoms with van der Waals surface area (Å²) in [5.74, 6) is -1.50. The van der Waals surface area contributed by atoms with Crippen molar-refractivity contribution in [2.45, 2.75) is 69.6 Å². The first-order valence-corrected chi connectivity index (χ1v) is 10.6. The Morgan fingerprint density at radius 3 is 2.55 bits per heavy atom. The molecule has 2 aliphatic carbocycles. The first-order valence-electron chi connectivity index (χ1n) is 10.6. The van der Waals surface area contributed by atoms with Crippen molar-refractivity contribution < 1.29 is 23.4 Å². The van der Waals surface area contributed by atoms with Crippen LogP contribution in [0.5, 0.6) is 0 Å². The summed E-state index contributed by atoms with van der Waals surface area (Å²) in [7, 11) is 0. The zero-order chi connectivity index (χ0) is 20.8. The lowest BCUT2D eigenvalue weighted by atomic mass is 9.93. The lowest BCUT2D eigenvalue weighted by Gasteiger charge is -2.42. The zero-order valence-corrected chi connectivity index (χ0v) is 17.1. The Balaban J connectivity index is 1.41. The van der Waals surface area contributed by atoms with Crippen LogP contribution >= 0.6 is 0 Å². The molecule has 6 nitrogen and oxygen atoms in total. The van der Waals surface area contributed by atoms with E-state index >= 15 is 0 Å². The molecule has 0 radical (unpaired) electrons. The van der Waals surface area contributed by atoms with E-state index in [1.165, 1.54) is 0 Å². The molecule has 2 saturated carbocycles. The minimum Gasteiger partial charge on any atom is -0.477 e. The van der Waals surface area contributed by atoms with Crippen LogP contribution in [-0.4, -0.2) is 59.2 Å². The predicted octanol–water partition coefficient (Wildman–Crippen LogP) is 2.12. The van der Waals surface area contributed by atoms with E-state index in [9.17, 15) is 18.7 Å². The second-order valence-electron chi connectivity index (χ2n) is 9.56. The molecule has 0 spiro atoms. The Morgan fingerprint density at radius 2 is 2.00 bits per heavy atom. The van der Waals surface area contributed by atoms with Crippen LogP contribution in [0.1, 0.15) is 46.0 Å². The molecule has 2 atom stereocenters. The Labute approximate surface area is 170 Å². The molecule has 1 unspecified atom stereocenters. The molecule has 1 amide bonds. The number of carbonyl (C=O) groups excluding carboxylic acids is 1. The molecule has 0 aromatic carbocycles. The van der Waals surface area contributed by atoms with Crippen molar-refractivity contribution in [3.8, 4) is 0 Å². The van der Waals surface area contributed by atoms with E-state index in [1.54, 1.807) is 30.9 Å². The van der Waals surface area contributed by atoms with Crippen LogP contribution in [0.3, 0.4) is 0 Å². The fourth-order valence-corrected chi connectivity index (χ4v) is 3.68. The summed E-state index contributed by atoms with van der Waals surface area (Å²) in [6.45, 7) is 3.24. The SMILES string of the molecule is CC(C)(O)[C@H](CC1CC1)NC(=O)C1C=CC(N2CC(F)(F)C2)=C(OCC2CC2)N1. The summed E-state index contributed by atoms with van der Waals surface area (Å²) in [5, 5.41) is 16.5. The molecule has 0 bridgehead atoms. The number of alkyl halides is 2. The number of halogens is 2. The topological polar surface area (TPSA) is 73.8 Å². The highest BCUT2D eigenvalue weighted by Crippen LogP contribution is 2.36. The van der Waals surface area contributed by atoms with Gasteiger partial charge >= 0.3 is 0 Å². The van der Waals surface area contributed by atoms with Gasteiger partial charge in [-0.1, -0.05) is 18.9 Å². The highest BCUT2D eigenvalue weighted by molar-refractivity contribution is 5.84. The normalized spacial score (nSPS) is 27.2. The third-order valence-corrected chi connectivity index (χ3v) is 6.03. The van der Waals surface area contributed by atoms with E-state index in [4.69, 9.17) is 4.74 Å². The second kappa shape index (κ2) is 7.45. The van der Waals surface area contributed by atoms with Crippen molar-refractivity contribution in [1.29, 1.82) is 0 Å². The van der Waals surface area contributed by atoms with Gasteiger partial charge in [-0.15, -0.1) is 0 Å².